The molecule has 0 spiro atoms. The van der Waals surface area contributed by atoms with Gasteiger partial charge in [-0.3, -0.25) is 9.97 Å². The van der Waals surface area contributed by atoms with Crippen molar-refractivity contribution >= 4 is 32.4 Å². The highest BCUT2D eigenvalue weighted by Crippen LogP contribution is 2.39. The fourth-order valence-electron chi connectivity index (χ4n) is 7.43. The largest absolute Gasteiger partial charge is 0.255 e. The monoisotopic (exact) mass is 689 g/mol. The Morgan fingerprint density at radius 1 is 0.315 bits per heavy atom. The molecule has 252 valence electrons. The zero-order valence-electron chi connectivity index (χ0n) is 29.1. The molecule has 4 aromatic heterocycles. The molecule has 10 rings (SSSR count). The summed E-state index contributed by atoms with van der Waals surface area (Å²) in [5, 5.41) is 5.76. The van der Waals surface area contributed by atoms with Gasteiger partial charge in [-0.1, -0.05) is 127 Å². The average molecular weight is 690 g/mol. The number of pyridine rings is 3. The summed E-state index contributed by atoms with van der Waals surface area (Å²) < 4.78 is 0. The van der Waals surface area contributed by atoms with Crippen LogP contribution in [0, 0.1) is 0 Å². The first-order chi connectivity index (χ1) is 26.8. The van der Waals surface area contributed by atoms with Crippen LogP contribution in [0.25, 0.3) is 100 Å². The molecule has 5 heteroatoms. The number of hydrogen-bond donors (Lipinski definition) is 0. The summed E-state index contributed by atoms with van der Waals surface area (Å²) in [7, 11) is 0. The van der Waals surface area contributed by atoms with Gasteiger partial charge in [-0.2, -0.15) is 0 Å². The number of nitrogens with zero attached hydrogens (tertiary/aromatic N) is 5. The average Bonchev–Trinajstić information content (AvgIpc) is 3.26. The summed E-state index contributed by atoms with van der Waals surface area (Å²) in [5.74, 6) is 0.628. The normalized spacial score (nSPS) is 11.3. The van der Waals surface area contributed by atoms with E-state index in [2.05, 4.69) is 137 Å². The van der Waals surface area contributed by atoms with E-state index in [4.69, 9.17) is 15.0 Å². The molecule has 0 atom stereocenters. The maximum absolute atomic E-state index is 5.14. The Morgan fingerprint density at radius 3 is 1.56 bits per heavy atom. The van der Waals surface area contributed by atoms with Crippen LogP contribution in [0.3, 0.4) is 0 Å². The quantitative estimate of drug-likeness (QED) is 0.163. The molecule has 54 heavy (non-hydrogen) atoms. The predicted octanol–water partition coefficient (Wildman–Crippen LogP) is 12.1. The summed E-state index contributed by atoms with van der Waals surface area (Å²) in [6, 6.07) is 60.9. The van der Waals surface area contributed by atoms with Crippen LogP contribution in [-0.4, -0.2) is 24.9 Å². The Kier molecular flexibility index (Phi) is 7.73. The molecule has 0 radical (unpaired) electrons. The second kappa shape index (κ2) is 13.3. The van der Waals surface area contributed by atoms with Crippen molar-refractivity contribution in [2.24, 2.45) is 0 Å². The molecule has 0 aliphatic carbocycles. The number of rotatable bonds is 6. The second-order valence-corrected chi connectivity index (χ2v) is 13.3. The Hall–Kier alpha value is -7.37. The molecule has 4 heterocycles. The van der Waals surface area contributed by atoms with Crippen LogP contribution in [0.5, 0.6) is 0 Å². The van der Waals surface area contributed by atoms with Crippen molar-refractivity contribution in [2.45, 2.75) is 0 Å². The topological polar surface area (TPSA) is 64.5 Å². The highest BCUT2D eigenvalue weighted by Gasteiger charge is 2.17. The minimum Gasteiger partial charge on any atom is -0.255 e. The Bertz CT molecular complexity index is 2910. The zero-order chi connectivity index (χ0) is 35.8. The first-order valence-corrected chi connectivity index (χ1v) is 18.0. The van der Waals surface area contributed by atoms with E-state index in [-0.39, 0.29) is 0 Å². The molecule has 0 amide bonds. The molecule has 5 nitrogen and oxygen atoms in total. The van der Waals surface area contributed by atoms with Gasteiger partial charge in [-0.05, 0) is 92.3 Å². The summed E-state index contributed by atoms with van der Waals surface area (Å²) in [5.41, 5.74) is 11.6. The van der Waals surface area contributed by atoms with E-state index in [1.807, 2.05) is 48.5 Å². The molecule has 0 aliphatic heterocycles. The lowest BCUT2D eigenvalue weighted by molar-refractivity contribution is 1.15. The minimum atomic E-state index is 0.628. The molecule has 0 saturated heterocycles. The Balaban J connectivity index is 1.10. The molecule has 6 aromatic carbocycles. The van der Waals surface area contributed by atoms with Crippen molar-refractivity contribution in [1.82, 2.24) is 24.9 Å². The van der Waals surface area contributed by atoms with E-state index in [1.165, 1.54) is 10.8 Å². The lowest BCUT2D eigenvalue weighted by atomic mass is 9.91. The molecular formula is C49H31N5. The van der Waals surface area contributed by atoms with Gasteiger partial charge in [-0.15, -0.1) is 0 Å². The molecule has 0 N–H and O–H groups in total. The molecule has 0 saturated carbocycles. The van der Waals surface area contributed by atoms with Gasteiger partial charge in [0.05, 0.1) is 34.0 Å². The molecule has 0 aliphatic rings. The van der Waals surface area contributed by atoms with E-state index in [0.717, 1.165) is 83.5 Å². The molecule has 0 unspecified atom stereocenters. The van der Waals surface area contributed by atoms with E-state index in [0.29, 0.717) is 5.82 Å². The van der Waals surface area contributed by atoms with Crippen molar-refractivity contribution in [2.75, 3.05) is 0 Å². The third kappa shape index (κ3) is 5.65. The first kappa shape index (κ1) is 31.4. The lowest BCUT2D eigenvalue weighted by Gasteiger charge is -2.15. The standard InChI is InChI=1S/C49H31N5/c1-2-13-35(14-3-1)45-30-41(48-37-15-5-4-12-32(37)24-27-44(48)52-45)34-22-20-33(21-23-34)36-25-26-40(39-17-7-6-16-38(36)39)49-53-46(42-18-8-10-28-50-42)31-47(54-49)43-19-9-11-29-51-43/h1-31H. The van der Waals surface area contributed by atoms with Gasteiger partial charge in [0.15, 0.2) is 5.82 Å². The van der Waals surface area contributed by atoms with Gasteiger partial charge in [0.1, 0.15) is 0 Å². The number of benzene rings is 6. The first-order valence-electron chi connectivity index (χ1n) is 18.0. The van der Waals surface area contributed by atoms with Crippen molar-refractivity contribution in [1.29, 1.82) is 0 Å². The third-order valence-electron chi connectivity index (χ3n) is 10.0. The van der Waals surface area contributed by atoms with E-state index in [9.17, 15) is 0 Å². The zero-order valence-corrected chi connectivity index (χ0v) is 29.1. The van der Waals surface area contributed by atoms with Crippen molar-refractivity contribution in [3.05, 3.63) is 188 Å². The summed E-state index contributed by atoms with van der Waals surface area (Å²) in [4.78, 5) is 24.5. The van der Waals surface area contributed by atoms with Crippen LogP contribution >= 0.6 is 0 Å². The summed E-state index contributed by atoms with van der Waals surface area (Å²) >= 11 is 0. The van der Waals surface area contributed by atoms with Crippen LogP contribution in [0.15, 0.2) is 188 Å². The molecule has 0 bridgehead atoms. The summed E-state index contributed by atoms with van der Waals surface area (Å²) in [6.07, 6.45) is 3.57. The maximum atomic E-state index is 5.14. The second-order valence-electron chi connectivity index (χ2n) is 13.3. The van der Waals surface area contributed by atoms with Crippen molar-refractivity contribution in [3.8, 4) is 67.7 Å². The third-order valence-corrected chi connectivity index (χ3v) is 10.0. The Labute approximate surface area is 312 Å². The van der Waals surface area contributed by atoms with Gasteiger partial charge < -0.3 is 0 Å². The predicted molar refractivity (Wildman–Crippen MR) is 221 cm³/mol. The number of hydrogen-bond acceptors (Lipinski definition) is 5. The highest BCUT2D eigenvalue weighted by atomic mass is 14.9. The van der Waals surface area contributed by atoms with Crippen LogP contribution in [-0.2, 0) is 0 Å². The van der Waals surface area contributed by atoms with Gasteiger partial charge in [-0.25, -0.2) is 15.0 Å². The van der Waals surface area contributed by atoms with Crippen LogP contribution in [0.2, 0.25) is 0 Å². The van der Waals surface area contributed by atoms with Crippen LogP contribution in [0.4, 0.5) is 0 Å². The molecular weight excluding hydrogens is 659 g/mol. The highest BCUT2D eigenvalue weighted by molar-refractivity contribution is 6.14. The van der Waals surface area contributed by atoms with Crippen LogP contribution in [0.1, 0.15) is 0 Å². The fourth-order valence-corrected chi connectivity index (χ4v) is 7.43. The Morgan fingerprint density at radius 2 is 0.889 bits per heavy atom. The van der Waals surface area contributed by atoms with Crippen molar-refractivity contribution in [3.63, 3.8) is 0 Å². The number of aromatic nitrogens is 5. The maximum Gasteiger partial charge on any atom is 0.161 e. The molecule has 10 aromatic rings. The van der Waals surface area contributed by atoms with Gasteiger partial charge >= 0.3 is 0 Å². The van der Waals surface area contributed by atoms with Crippen molar-refractivity contribution < 1.29 is 0 Å². The minimum absolute atomic E-state index is 0.628. The fraction of sp³-hybridized carbons (Fsp3) is 0. The number of fused-ring (bicyclic) bond motifs is 4. The molecule has 0 fully saturated rings. The van der Waals surface area contributed by atoms with E-state index in [1.54, 1.807) is 12.4 Å². The lowest BCUT2D eigenvalue weighted by Crippen LogP contribution is -1.98. The smallest absolute Gasteiger partial charge is 0.161 e. The van der Waals surface area contributed by atoms with Gasteiger partial charge in [0, 0.05) is 28.9 Å². The SMILES string of the molecule is c1ccc(-c2cc(-c3ccc(-c4ccc(-c5nc(-c6ccccn6)cc(-c6ccccn6)n5)c5ccccc45)cc3)c3c(ccc4ccccc43)n2)cc1. The van der Waals surface area contributed by atoms with Crippen LogP contribution < -0.4 is 0 Å². The van der Waals surface area contributed by atoms with Gasteiger partial charge in [0.2, 0.25) is 0 Å². The van der Waals surface area contributed by atoms with E-state index < -0.39 is 0 Å². The van der Waals surface area contributed by atoms with E-state index >= 15 is 0 Å². The summed E-state index contributed by atoms with van der Waals surface area (Å²) in [6.45, 7) is 0. The van der Waals surface area contributed by atoms with Gasteiger partial charge in [0.25, 0.3) is 0 Å².